The van der Waals surface area contributed by atoms with Crippen molar-refractivity contribution in [3.05, 3.63) is 52.5 Å². The number of nitrogens with two attached hydrogens (primary N) is 2. The van der Waals surface area contributed by atoms with Crippen LogP contribution in [0.4, 0.5) is 10.6 Å². The number of likely N-dealkylation sites (tertiary alicyclic amines) is 1. The molecule has 44 heavy (non-hydrogen) atoms. The number of carbonyl (C=O) groups excluding carboxylic acids is 2. The SMILES string of the molecule is Cc1ccc2c(cnn2C2CCCCO2)c1-n1c(N)c(C(N)=O)c2cnc(C3CC3)c(C=C3CN(C(=O)OC(C)(C)C)C3)c21. The fraction of sp³-hybridized carbons (Fsp3) is 0.455. The van der Waals surface area contributed by atoms with Crippen LogP contribution < -0.4 is 11.5 Å². The van der Waals surface area contributed by atoms with Crippen molar-refractivity contribution >= 4 is 45.7 Å². The Morgan fingerprint density at radius 2 is 1.86 bits per heavy atom. The van der Waals surface area contributed by atoms with Gasteiger partial charge < -0.3 is 25.8 Å². The number of primary amides is 1. The number of nitrogen functional groups attached to an aromatic ring is 1. The predicted octanol–water partition coefficient (Wildman–Crippen LogP) is 5.58. The zero-order valence-corrected chi connectivity index (χ0v) is 25.7. The fourth-order valence-corrected chi connectivity index (χ4v) is 6.49. The van der Waals surface area contributed by atoms with E-state index < -0.39 is 11.5 Å². The van der Waals surface area contributed by atoms with E-state index >= 15 is 0 Å². The van der Waals surface area contributed by atoms with Gasteiger partial charge in [0.1, 0.15) is 11.4 Å². The first-order valence-corrected chi connectivity index (χ1v) is 15.4. The minimum absolute atomic E-state index is 0.130. The maximum atomic E-state index is 12.9. The highest BCUT2D eigenvalue weighted by atomic mass is 16.6. The number of hydrogen-bond acceptors (Lipinski definition) is 7. The lowest BCUT2D eigenvalue weighted by molar-refractivity contribution is -0.0366. The Labute approximate surface area is 255 Å². The second kappa shape index (κ2) is 10.4. The highest BCUT2D eigenvalue weighted by Gasteiger charge is 2.34. The van der Waals surface area contributed by atoms with Gasteiger partial charge >= 0.3 is 6.09 Å². The molecule has 2 aliphatic heterocycles. The Balaban J connectivity index is 1.42. The molecule has 4 N–H and O–H groups in total. The molecule has 0 radical (unpaired) electrons. The van der Waals surface area contributed by atoms with E-state index in [4.69, 9.17) is 31.0 Å². The number of carbonyl (C=O) groups is 2. The van der Waals surface area contributed by atoms with Crippen LogP contribution in [0.5, 0.6) is 0 Å². The Kier molecular flexibility index (Phi) is 6.69. The zero-order chi connectivity index (χ0) is 30.9. The third kappa shape index (κ3) is 4.79. The van der Waals surface area contributed by atoms with E-state index in [1.807, 2.05) is 43.1 Å². The van der Waals surface area contributed by atoms with Gasteiger partial charge in [0.15, 0.2) is 6.23 Å². The first-order chi connectivity index (χ1) is 21.0. The van der Waals surface area contributed by atoms with Crippen molar-refractivity contribution < 1.29 is 19.1 Å². The molecule has 4 aromatic rings. The topological polar surface area (TPSA) is 144 Å². The molecule has 5 heterocycles. The maximum Gasteiger partial charge on any atom is 0.410 e. The van der Waals surface area contributed by atoms with Crippen molar-refractivity contribution in [2.45, 2.75) is 77.5 Å². The van der Waals surface area contributed by atoms with Gasteiger partial charge in [0, 0.05) is 48.1 Å². The summed E-state index contributed by atoms with van der Waals surface area (Å²) in [6, 6.07) is 4.12. The van der Waals surface area contributed by atoms with E-state index in [1.165, 1.54) is 0 Å². The number of ether oxygens (including phenoxy) is 2. The smallest absolute Gasteiger partial charge is 0.410 e. The predicted molar refractivity (Wildman–Crippen MR) is 169 cm³/mol. The van der Waals surface area contributed by atoms with Crippen LogP contribution in [0.1, 0.15) is 92.2 Å². The molecule has 3 fully saturated rings. The van der Waals surface area contributed by atoms with Gasteiger partial charge in [-0.25, -0.2) is 9.48 Å². The number of nitrogens with zero attached hydrogens (tertiary/aromatic N) is 5. The Morgan fingerprint density at radius 3 is 2.52 bits per heavy atom. The van der Waals surface area contributed by atoms with Gasteiger partial charge in [0.25, 0.3) is 5.91 Å². The summed E-state index contributed by atoms with van der Waals surface area (Å²) in [5.41, 5.74) is 19.0. The quantitative estimate of drug-likeness (QED) is 0.306. The lowest BCUT2D eigenvalue weighted by Gasteiger charge is -2.35. The van der Waals surface area contributed by atoms with Crippen LogP contribution in [0.3, 0.4) is 0 Å². The number of anilines is 1. The van der Waals surface area contributed by atoms with Crippen molar-refractivity contribution in [2.24, 2.45) is 5.73 Å². The molecule has 0 spiro atoms. The highest BCUT2D eigenvalue weighted by molar-refractivity contribution is 6.14. The molecule has 7 rings (SSSR count). The molecule has 1 unspecified atom stereocenters. The van der Waals surface area contributed by atoms with E-state index in [1.54, 1.807) is 11.1 Å². The summed E-state index contributed by atoms with van der Waals surface area (Å²) in [6.45, 7) is 9.23. The normalized spacial score (nSPS) is 19.0. The second-order valence-corrected chi connectivity index (χ2v) is 13.3. The summed E-state index contributed by atoms with van der Waals surface area (Å²) < 4.78 is 15.6. The molecular formula is C33H39N7O4. The third-order valence-corrected chi connectivity index (χ3v) is 8.71. The zero-order valence-electron chi connectivity index (χ0n) is 25.7. The van der Waals surface area contributed by atoms with Crippen LogP contribution in [0.25, 0.3) is 33.6 Å². The molecule has 1 aliphatic carbocycles. The minimum Gasteiger partial charge on any atom is -0.444 e. The van der Waals surface area contributed by atoms with Gasteiger partial charge in [-0.2, -0.15) is 5.10 Å². The first-order valence-electron chi connectivity index (χ1n) is 15.4. The molecule has 3 aliphatic rings. The summed E-state index contributed by atoms with van der Waals surface area (Å²) in [5.74, 6) is -0.0252. The van der Waals surface area contributed by atoms with Gasteiger partial charge in [0.2, 0.25) is 0 Å². The van der Waals surface area contributed by atoms with E-state index in [9.17, 15) is 9.59 Å². The maximum absolute atomic E-state index is 12.9. The van der Waals surface area contributed by atoms with Gasteiger partial charge in [-0.15, -0.1) is 0 Å². The average molecular weight is 598 g/mol. The molecule has 1 aromatic carbocycles. The van der Waals surface area contributed by atoms with Crippen molar-refractivity contribution in [2.75, 3.05) is 25.4 Å². The largest absolute Gasteiger partial charge is 0.444 e. The minimum atomic E-state index is -0.610. The molecule has 11 nitrogen and oxygen atoms in total. The van der Waals surface area contributed by atoms with Crippen LogP contribution in [-0.2, 0) is 9.47 Å². The highest BCUT2D eigenvalue weighted by Crippen LogP contribution is 2.46. The number of rotatable bonds is 5. The number of pyridine rings is 1. The number of hydrogen-bond donors (Lipinski definition) is 2. The van der Waals surface area contributed by atoms with E-state index in [0.29, 0.717) is 31.0 Å². The van der Waals surface area contributed by atoms with Gasteiger partial charge in [0.05, 0.1) is 34.2 Å². The van der Waals surface area contributed by atoms with Crippen molar-refractivity contribution in [3.63, 3.8) is 0 Å². The van der Waals surface area contributed by atoms with E-state index in [-0.39, 0.29) is 23.7 Å². The standard InChI is InChI=1S/C33H39N7O4/c1-18-8-11-24-22(15-37-40(24)25-7-5-6-12-43-25)28(18)39-29-21(13-19-16-38(17-19)32(42)44-33(2,3)4)27(20-9-10-20)36-14-23(29)26(30(39)34)31(35)41/h8,11,13-15,20,25H,5-7,9-10,12,16-17,34H2,1-4H3,(H2,35,41). The summed E-state index contributed by atoms with van der Waals surface area (Å²) in [5, 5.41) is 6.28. The number of aromatic nitrogens is 4. The van der Waals surface area contributed by atoms with Crippen LogP contribution >= 0.6 is 0 Å². The Hall–Kier alpha value is -4.38. The second-order valence-electron chi connectivity index (χ2n) is 13.3. The lowest BCUT2D eigenvalue weighted by Crippen LogP contribution is -2.46. The monoisotopic (exact) mass is 597 g/mol. The van der Waals surface area contributed by atoms with Gasteiger partial charge in [-0.05, 0) is 83.1 Å². The molecule has 2 saturated heterocycles. The fourth-order valence-electron chi connectivity index (χ4n) is 6.49. The van der Waals surface area contributed by atoms with Crippen molar-refractivity contribution in [3.8, 4) is 5.69 Å². The first kappa shape index (κ1) is 28.4. The van der Waals surface area contributed by atoms with Crippen LogP contribution in [0.2, 0.25) is 0 Å². The summed E-state index contributed by atoms with van der Waals surface area (Å²) in [7, 11) is 0. The average Bonchev–Trinajstić information content (AvgIpc) is 3.62. The van der Waals surface area contributed by atoms with Crippen LogP contribution in [0.15, 0.2) is 30.1 Å². The number of benzene rings is 1. The van der Waals surface area contributed by atoms with Crippen LogP contribution in [0, 0.1) is 6.92 Å². The molecule has 230 valence electrons. The molecular weight excluding hydrogens is 558 g/mol. The lowest BCUT2D eigenvalue weighted by atomic mass is 9.99. The third-order valence-electron chi connectivity index (χ3n) is 8.71. The number of amides is 2. The molecule has 1 atom stereocenters. The summed E-state index contributed by atoms with van der Waals surface area (Å²) >= 11 is 0. The molecule has 3 aromatic heterocycles. The molecule has 0 bridgehead atoms. The van der Waals surface area contributed by atoms with Crippen LogP contribution in [-0.4, -0.2) is 61.5 Å². The van der Waals surface area contributed by atoms with Gasteiger partial charge in [-0.3, -0.25) is 14.3 Å². The van der Waals surface area contributed by atoms with Gasteiger partial charge in [-0.1, -0.05) is 6.07 Å². The van der Waals surface area contributed by atoms with E-state index in [0.717, 1.165) is 76.6 Å². The molecule has 2 amide bonds. The van der Waals surface area contributed by atoms with Crippen molar-refractivity contribution in [1.82, 2.24) is 24.2 Å². The molecule has 1 saturated carbocycles. The number of fused-ring (bicyclic) bond motifs is 2. The number of aryl methyl sites for hydroxylation is 1. The summed E-state index contributed by atoms with van der Waals surface area (Å²) in [4.78, 5) is 32.1. The molecule has 11 heteroatoms. The Morgan fingerprint density at radius 1 is 1.09 bits per heavy atom. The Bertz CT molecular complexity index is 1840. The summed E-state index contributed by atoms with van der Waals surface area (Å²) in [6.07, 6.45) is 10.4. The van der Waals surface area contributed by atoms with Crippen molar-refractivity contribution in [1.29, 1.82) is 0 Å². The van der Waals surface area contributed by atoms with E-state index in [2.05, 4.69) is 18.2 Å².